The van der Waals surface area contributed by atoms with E-state index in [-0.39, 0.29) is 29.1 Å². The van der Waals surface area contributed by atoms with Gasteiger partial charge in [0, 0.05) is 18.6 Å². The lowest BCUT2D eigenvalue weighted by Crippen LogP contribution is -2.62. The third-order valence-corrected chi connectivity index (χ3v) is 8.82. The Balaban J connectivity index is 1.83. The predicted molar refractivity (Wildman–Crippen MR) is 153 cm³/mol. The van der Waals surface area contributed by atoms with Gasteiger partial charge in [-0.1, -0.05) is 60.8 Å². The van der Waals surface area contributed by atoms with E-state index in [2.05, 4.69) is 35.1 Å². The first kappa shape index (κ1) is 31.9. The van der Waals surface area contributed by atoms with E-state index in [1.807, 2.05) is 48.5 Å². The molecule has 1 heterocycles. The van der Waals surface area contributed by atoms with Crippen LogP contribution in [0.5, 0.6) is 0 Å². The highest BCUT2D eigenvalue weighted by atomic mass is 16.2. The van der Waals surface area contributed by atoms with Crippen molar-refractivity contribution in [3.05, 3.63) is 0 Å². The number of carbonyl (C=O) groups is 5. The number of rotatable bonds is 10. The molecule has 4 N–H and O–H groups in total. The summed E-state index contributed by atoms with van der Waals surface area (Å²) in [4.78, 5) is 68.0. The van der Waals surface area contributed by atoms with Gasteiger partial charge in [0.05, 0.1) is 6.04 Å². The zero-order chi connectivity index (χ0) is 30.2. The van der Waals surface area contributed by atoms with Crippen molar-refractivity contribution in [2.45, 2.75) is 118 Å². The zero-order valence-electron chi connectivity index (χ0n) is 25.9. The number of hydrogen-bond donors (Lipinski definition) is 4. The van der Waals surface area contributed by atoms with Crippen molar-refractivity contribution in [2.24, 2.45) is 28.6 Å². The van der Waals surface area contributed by atoms with Gasteiger partial charge in [0.15, 0.2) is 0 Å². The van der Waals surface area contributed by atoms with Gasteiger partial charge in [-0.15, -0.1) is 0 Å². The third kappa shape index (κ3) is 7.16. The van der Waals surface area contributed by atoms with Crippen molar-refractivity contribution >= 4 is 29.5 Å². The number of urea groups is 1. The maximum atomic E-state index is 14.0. The number of ketones is 1. The molecule has 0 aromatic carbocycles. The maximum absolute atomic E-state index is 14.0. The molecule has 0 bridgehead atoms. The summed E-state index contributed by atoms with van der Waals surface area (Å²) < 4.78 is 0. The number of Topliss-reactive ketones (excluding diaryl/α,β-unsaturated/α-hetero) is 1. The Kier molecular flexibility index (Phi) is 9.31. The Bertz CT molecular complexity index is 1010. The van der Waals surface area contributed by atoms with E-state index in [4.69, 9.17) is 0 Å². The molecule has 5 amide bonds. The molecular formula is C30H51N5O5. The summed E-state index contributed by atoms with van der Waals surface area (Å²) >= 11 is 0. The second kappa shape index (κ2) is 11.7. The molecule has 40 heavy (non-hydrogen) atoms. The molecule has 10 nitrogen and oxygen atoms in total. The molecule has 3 aliphatic rings. The highest BCUT2D eigenvalue weighted by Crippen LogP contribution is 2.65. The van der Waals surface area contributed by atoms with Crippen LogP contribution in [0.1, 0.15) is 94.4 Å². The lowest BCUT2D eigenvalue weighted by molar-refractivity contribution is -0.145. The zero-order valence-corrected chi connectivity index (χ0v) is 25.9. The van der Waals surface area contributed by atoms with Crippen LogP contribution in [0, 0.1) is 28.6 Å². The lowest BCUT2D eigenvalue weighted by atomic mass is 9.80. The first-order chi connectivity index (χ1) is 18.4. The number of fused-ring (bicyclic) bond motifs is 1. The van der Waals surface area contributed by atoms with E-state index >= 15 is 0 Å². The van der Waals surface area contributed by atoms with Gasteiger partial charge in [-0.25, -0.2) is 4.79 Å². The summed E-state index contributed by atoms with van der Waals surface area (Å²) in [6, 6.07) is -3.02. The summed E-state index contributed by atoms with van der Waals surface area (Å²) in [5.41, 5.74) is -1.22. The van der Waals surface area contributed by atoms with Gasteiger partial charge in [-0.05, 0) is 62.2 Å². The molecule has 0 radical (unpaired) electrons. The number of nitrogens with zero attached hydrogens (tertiary/aromatic N) is 1. The average molecular weight is 562 g/mol. The quantitative estimate of drug-likeness (QED) is 0.304. The van der Waals surface area contributed by atoms with Crippen LogP contribution in [0.15, 0.2) is 0 Å². The average Bonchev–Trinajstić information content (AvgIpc) is 3.13. The predicted octanol–water partition coefficient (Wildman–Crippen LogP) is 2.75. The number of hydrogen-bond acceptors (Lipinski definition) is 5. The number of likely N-dealkylation sites (tertiary alicyclic amines) is 1. The highest BCUT2D eigenvalue weighted by Gasteiger charge is 2.70. The number of piperidine rings is 1. The Labute approximate surface area is 239 Å². The molecule has 226 valence electrons. The monoisotopic (exact) mass is 561 g/mol. The second-order valence-electron chi connectivity index (χ2n) is 14.8. The van der Waals surface area contributed by atoms with Crippen molar-refractivity contribution in [1.29, 1.82) is 0 Å². The van der Waals surface area contributed by atoms with Gasteiger partial charge in [0.1, 0.15) is 12.1 Å². The molecule has 1 saturated heterocycles. The minimum Gasteiger partial charge on any atom is -0.349 e. The van der Waals surface area contributed by atoms with Gasteiger partial charge in [-0.2, -0.15) is 0 Å². The number of amides is 5. The van der Waals surface area contributed by atoms with Crippen molar-refractivity contribution in [2.75, 3.05) is 13.1 Å². The van der Waals surface area contributed by atoms with Crippen molar-refractivity contribution in [3.63, 3.8) is 0 Å². The van der Waals surface area contributed by atoms with Gasteiger partial charge in [-0.3, -0.25) is 19.2 Å². The molecule has 2 aliphatic carbocycles. The minimum atomic E-state index is -0.929. The lowest BCUT2D eigenvalue weighted by Gasteiger charge is -2.38. The van der Waals surface area contributed by atoms with Gasteiger partial charge in [0.2, 0.25) is 17.6 Å². The number of carbonyl (C=O) groups excluding carboxylic acids is 5. The van der Waals surface area contributed by atoms with Crippen LogP contribution in [0.2, 0.25) is 0 Å². The van der Waals surface area contributed by atoms with Crippen LogP contribution in [0.3, 0.4) is 0 Å². The number of nitrogens with one attached hydrogen (secondary N) is 4. The molecule has 3 unspecified atom stereocenters. The summed E-state index contributed by atoms with van der Waals surface area (Å²) in [6.45, 7) is 18.1. The summed E-state index contributed by atoms with van der Waals surface area (Å²) in [5, 5.41) is 11.2. The fraction of sp³-hybridized carbons (Fsp3) is 0.833. The van der Waals surface area contributed by atoms with E-state index in [1.54, 1.807) is 4.90 Å². The Morgan fingerprint density at radius 2 is 1.60 bits per heavy atom. The molecular weight excluding hydrogens is 510 g/mol. The van der Waals surface area contributed by atoms with Gasteiger partial charge < -0.3 is 26.2 Å². The van der Waals surface area contributed by atoms with Crippen molar-refractivity contribution in [1.82, 2.24) is 26.2 Å². The Morgan fingerprint density at radius 1 is 0.975 bits per heavy atom. The third-order valence-electron chi connectivity index (χ3n) is 8.82. The van der Waals surface area contributed by atoms with E-state index in [0.29, 0.717) is 25.9 Å². The molecule has 0 spiro atoms. The molecule has 0 aromatic heterocycles. The van der Waals surface area contributed by atoms with E-state index in [0.717, 1.165) is 19.3 Å². The fourth-order valence-corrected chi connectivity index (χ4v) is 6.17. The molecule has 5 atom stereocenters. The van der Waals surface area contributed by atoms with E-state index < -0.39 is 52.7 Å². The maximum Gasteiger partial charge on any atom is 0.315 e. The standard InChI is InChI=1S/C30H51N5O5/c1-10-14-31-25(38)22(36)19(15-17-12-11-13-17)32-24(37)21-20-18(30(20,8)9)16-35(21)26(39)23(28(2,3)4)33-27(40)34-29(5,6)7/h17-21,23H,10-16H2,1-9H3,(H,31,38)(H,32,37)(H2,33,34,40)/t18?,19?,20?,21-,23+/m0/s1. The van der Waals surface area contributed by atoms with Gasteiger partial charge in [0.25, 0.3) is 5.91 Å². The van der Waals surface area contributed by atoms with Crippen LogP contribution in [-0.2, 0) is 19.2 Å². The largest absolute Gasteiger partial charge is 0.349 e. The summed E-state index contributed by atoms with van der Waals surface area (Å²) in [5.74, 6) is -1.67. The summed E-state index contributed by atoms with van der Waals surface area (Å²) in [6.07, 6.45) is 4.14. The van der Waals surface area contributed by atoms with Crippen LogP contribution in [0.4, 0.5) is 4.79 Å². The van der Waals surface area contributed by atoms with Crippen LogP contribution < -0.4 is 21.3 Å². The van der Waals surface area contributed by atoms with E-state index in [9.17, 15) is 24.0 Å². The molecule has 0 aromatic rings. The van der Waals surface area contributed by atoms with Crippen LogP contribution in [-0.4, -0.2) is 71.2 Å². The molecule has 3 rings (SSSR count). The topological polar surface area (TPSA) is 137 Å². The first-order valence-electron chi connectivity index (χ1n) is 14.9. The second-order valence-corrected chi connectivity index (χ2v) is 14.8. The van der Waals surface area contributed by atoms with E-state index in [1.165, 1.54) is 0 Å². The minimum absolute atomic E-state index is 0.0613. The molecule has 10 heteroatoms. The summed E-state index contributed by atoms with van der Waals surface area (Å²) in [7, 11) is 0. The molecule has 3 fully saturated rings. The smallest absolute Gasteiger partial charge is 0.315 e. The molecule has 1 aliphatic heterocycles. The van der Waals surface area contributed by atoms with Crippen molar-refractivity contribution < 1.29 is 24.0 Å². The molecule has 2 saturated carbocycles. The van der Waals surface area contributed by atoms with Crippen LogP contribution in [0.25, 0.3) is 0 Å². The van der Waals surface area contributed by atoms with Crippen molar-refractivity contribution in [3.8, 4) is 0 Å². The SMILES string of the molecule is CCCNC(=O)C(=O)C(CC1CCC1)NC(=O)[C@@H]1C2C(CN1C(=O)[C@@H](NC(=O)NC(C)(C)C)C(C)(C)C)C2(C)C. The highest BCUT2D eigenvalue weighted by molar-refractivity contribution is 6.38. The fourth-order valence-electron chi connectivity index (χ4n) is 6.17. The van der Waals surface area contributed by atoms with Crippen LogP contribution >= 0.6 is 0 Å². The first-order valence-corrected chi connectivity index (χ1v) is 14.9. The Hall–Kier alpha value is -2.65. The van der Waals surface area contributed by atoms with Gasteiger partial charge >= 0.3 is 6.03 Å². The Morgan fingerprint density at radius 3 is 2.10 bits per heavy atom. The normalized spacial score (nSPS) is 25.1.